The van der Waals surface area contributed by atoms with Crippen molar-refractivity contribution in [2.24, 2.45) is 5.92 Å². The molecule has 0 spiro atoms. The molecular weight excluding hydrogens is 259 g/mol. The molecule has 1 aromatic rings. The minimum absolute atomic E-state index is 0.0115. The molecule has 3 N–H and O–H groups in total. The van der Waals surface area contributed by atoms with Crippen LogP contribution in [0.15, 0.2) is 18.2 Å². The molecule has 1 aromatic carbocycles. The fourth-order valence-electron chi connectivity index (χ4n) is 2.69. The molecule has 0 bridgehead atoms. The van der Waals surface area contributed by atoms with Crippen molar-refractivity contribution in [3.63, 3.8) is 0 Å². The van der Waals surface area contributed by atoms with Crippen molar-refractivity contribution in [1.82, 2.24) is 5.32 Å². The van der Waals surface area contributed by atoms with Crippen LogP contribution in [0.2, 0.25) is 0 Å². The lowest BCUT2D eigenvalue weighted by Gasteiger charge is -2.30. The van der Waals surface area contributed by atoms with Gasteiger partial charge in [0.05, 0.1) is 0 Å². The molecule has 1 fully saturated rings. The Kier molecular flexibility index (Phi) is 4.95. The Labute approximate surface area is 118 Å². The Morgan fingerprint density at radius 2 is 2.15 bits per heavy atom. The summed E-state index contributed by atoms with van der Waals surface area (Å²) in [4.78, 5) is 12.0. The Balaban J connectivity index is 1.96. The van der Waals surface area contributed by atoms with Gasteiger partial charge in [-0.25, -0.2) is 9.18 Å². The van der Waals surface area contributed by atoms with Crippen molar-refractivity contribution in [2.75, 3.05) is 11.9 Å². The summed E-state index contributed by atoms with van der Waals surface area (Å²) in [7, 11) is 0. The van der Waals surface area contributed by atoms with Crippen molar-refractivity contribution >= 4 is 11.7 Å². The van der Waals surface area contributed by atoms with Gasteiger partial charge >= 0.3 is 6.03 Å². The molecule has 0 radical (unpaired) electrons. The monoisotopic (exact) mass is 280 g/mol. The summed E-state index contributed by atoms with van der Waals surface area (Å²) in [6.45, 7) is 1.71. The number of anilines is 1. The van der Waals surface area contributed by atoms with Gasteiger partial charge in [0.2, 0.25) is 0 Å². The normalized spacial score (nSPS) is 22.4. The van der Waals surface area contributed by atoms with Crippen molar-refractivity contribution in [3.05, 3.63) is 29.6 Å². The van der Waals surface area contributed by atoms with E-state index in [-0.39, 0.29) is 30.4 Å². The van der Waals surface area contributed by atoms with Gasteiger partial charge in [0.1, 0.15) is 5.82 Å². The van der Waals surface area contributed by atoms with Gasteiger partial charge in [-0.15, -0.1) is 0 Å². The molecule has 2 amide bonds. The average Bonchev–Trinajstić information content (AvgIpc) is 2.44. The van der Waals surface area contributed by atoms with Crippen molar-refractivity contribution in [1.29, 1.82) is 0 Å². The quantitative estimate of drug-likeness (QED) is 0.797. The standard InChI is InChI=1S/C15H21FN2O2/c1-10-12(16)6-4-8-13(10)17-15(20)18-14-7-3-2-5-11(14)9-19/h4,6,8,11,14,19H,2-3,5,7,9H2,1H3,(H2,17,18,20). The van der Waals surface area contributed by atoms with Crippen molar-refractivity contribution in [3.8, 4) is 0 Å². The Bertz CT molecular complexity index is 479. The molecule has 0 aliphatic heterocycles. The highest BCUT2D eigenvalue weighted by Gasteiger charge is 2.25. The third kappa shape index (κ3) is 3.48. The molecule has 2 atom stereocenters. The summed E-state index contributed by atoms with van der Waals surface area (Å²) >= 11 is 0. The first-order chi connectivity index (χ1) is 9.61. The number of amides is 2. The molecule has 4 nitrogen and oxygen atoms in total. The number of rotatable bonds is 3. The first kappa shape index (κ1) is 14.8. The zero-order valence-corrected chi connectivity index (χ0v) is 11.7. The Morgan fingerprint density at radius 3 is 2.90 bits per heavy atom. The van der Waals surface area contributed by atoms with Crippen molar-refractivity contribution in [2.45, 2.75) is 38.6 Å². The maximum atomic E-state index is 13.4. The number of urea groups is 1. The van der Waals surface area contributed by atoms with Crippen LogP contribution < -0.4 is 10.6 Å². The number of carbonyl (C=O) groups excluding carboxylic acids is 1. The van der Waals surface area contributed by atoms with Crippen LogP contribution in [0.25, 0.3) is 0 Å². The second kappa shape index (κ2) is 6.70. The van der Waals surface area contributed by atoms with Gasteiger partial charge < -0.3 is 15.7 Å². The number of aliphatic hydroxyl groups excluding tert-OH is 1. The molecule has 0 heterocycles. The van der Waals surface area contributed by atoms with E-state index in [2.05, 4.69) is 10.6 Å². The summed E-state index contributed by atoms with van der Waals surface area (Å²) in [5.74, 6) is -0.225. The summed E-state index contributed by atoms with van der Waals surface area (Å²) < 4.78 is 13.4. The van der Waals surface area contributed by atoms with E-state index in [0.717, 1.165) is 25.7 Å². The van der Waals surface area contributed by atoms with E-state index in [1.165, 1.54) is 6.07 Å². The molecule has 2 rings (SSSR count). The molecule has 1 aliphatic carbocycles. The summed E-state index contributed by atoms with van der Waals surface area (Å²) in [6.07, 6.45) is 3.95. The maximum Gasteiger partial charge on any atom is 0.319 e. The lowest BCUT2D eigenvalue weighted by Crippen LogP contribution is -2.45. The summed E-state index contributed by atoms with van der Waals surface area (Å²) in [5, 5.41) is 14.9. The number of halogens is 1. The number of nitrogens with one attached hydrogen (secondary N) is 2. The largest absolute Gasteiger partial charge is 0.396 e. The highest BCUT2D eigenvalue weighted by Crippen LogP contribution is 2.24. The predicted molar refractivity (Wildman–Crippen MR) is 76.1 cm³/mol. The Hall–Kier alpha value is -1.62. The molecular formula is C15H21FN2O2. The van der Waals surface area contributed by atoms with Crippen LogP contribution in [0.5, 0.6) is 0 Å². The first-order valence-electron chi connectivity index (χ1n) is 7.05. The number of hydrogen-bond donors (Lipinski definition) is 3. The molecule has 1 aliphatic rings. The van der Waals surface area contributed by atoms with Gasteiger partial charge in [-0.1, -0.05) is 18.9 Å². The second-order valence-corrected chi connectivity index (χ2v) is 5.34. The second-order valence-electron chi connectivity index (χ2n) is 5.34. The van der Waals surface area contributed by atoms with E-state index < -0.39 is 0 Å². The van der Waals surface area contributed by atoms with Gasteiger partial charge in [0.25, 0.3) is 0 Å². The number of benzene rings is 1. The van der Waals surface area contributed by atoms with Crippen LogP contribution in [0.4, 0.5) is 14.9 Å². The fraction of sp³-hybridized carbons (Fsp3) is 0.533. The highest BCUT2D eigenvalue weighted by atomic mass is 19.1. The van der Waals surface area contributed by atoms with Crippen molar-refractivity contribution < 1.29 is 14.3 Å². The lowest BCUT2D eigenvalue weighted by molar-refractivity contribution is 0.156. The van der Waals surface area contributed by atoms with E-state index >= 15 is 0 Å². The fourth-order valence-corrected chi connectivity index (χ4v) is 2.69. The summed E-state index contributed by atoms with van der Waals surface area (Å²) in [6, 6.07) is 4.24. The first-order valence-corrected chi connectivity index (χ1v) is 7.05. The van der Waals surface area contributed by atoms with Crippen LogP contribution >= 0.6 is 0 Å². The van der Waals surface area contributed by atoms with Crippen LogP contribution in [0.3, 0.4) is 0 Å². The maximum absolute atomic E-state index is 13.4. The minimum atomic E-state index is -0.343. The average molecular weight is 280 g/mol. The number of carbonyl (C=O) groups is 1. The van der Waals surface area contributed by atoms with E-state index in [9.17, 15) is 14.3 Å². The van der Waals surface area contributed by atoms with Gasteiger partial charge in [-0.3, -0.25) is 0 Å². The zero-order valence-electron chi connectivity index (χ0n) is 11.7. The third-order valence-electron chi connectivity index (χ3n) is 3.98. The van der Waals surface area contributed by atoms with Crippen LogP contribution in [0.1, 0.15) is 31.2 Å². The van der Waals surface area contributed by atoms with E-state index in [0.29, 0.717) is 11.3 Å². The van der Waals surface area contributed by atoms with Crippen LogP contribution in [0, 0.1) is 18.7 Å². The smallest absolute Gasteiger partial charge is 0.319 e. The van der Waals surface area contributed by atoms with E-state index in [4.69, 9.17) is 0 Å². The summed E-state index contributed by atoms with van der Waals surface area (Å²) in [5.41, 5.74) is 0.892. The third-order valence-corrected chi connectivity index (χ3v) is 3.98. The highest BCUT2D eigenvalue weighted by molar-refractivity contribution is 5.90. The zero-order chi connectivity index (χ0) is 14.5. The van der Waals surface area contributed by atoms with Crippen LogP contribution in [-0.4, -0.2) is 23.8 Å². The van der Waals surface area contributed by atoms with E-state index in [1.54, 1.807) is 19.1 Å². The molecule has 5 heteroatoms. The Morgan fingerprint density at radius 1 is 1.40 bits per heavy atom. The topological polar surface area (TPSA) is 61.4 Å². The predicted octanol–water partition coefficient (Wildman–Crippen LogP) is 2.81. The molecule has 0 saturated heterocycles. The molecule has 0 aromatic heterocycles. The molecule has 110 valence electrons. The van der Waals surface area contributed by atoms with Gasteiger partial charge in [-0.2, -0.15) is 0 Å². The minimum Gasteiger partial charge on any atom is -0.396 e. The van der Waals surface area contributed by atoms with E-state index in [1.807, 2.05) is 0 Å². The SMILES string of the molecule is Cc1c(F)cccc1NC(=O)NC1CCCCC1CO. The van der Waals surface area contributed by atoms with Gasteiger partial charge in [0, 0.05) is 29.8 Å². The van der Waals surface area contributed by atoms with Crippen LogP contribution in [-0.2, 0) is 0 Å². The molecule has 1 saturated carbocycles. The van der Waals surface area contributed by atoms with Gasteiger partial charge in [-0.05, 0) is 31.9 Å². The molecule has 2 unspecified atom stereocenters. The lowest BCUT2D eigenvalue weighted by atomic mass is 9.85. The van der Waals surface area contributed by atoms with Gasteiger partial charge in [0.15, 0.2) is 0 Å². The molecule has 20 heavy (non-hydrogen) atoms. The number of hydrogen-bond acceptors (Lipinski definition) is 2. The number of aliphatic hydroxyl groups is 1.